The van der Waals surface area contributed by atoms with Crippen LogP contribution in [0, 0.1) is 0 Å². The molecule has 0 saturated carbocycles. The highest BCUT2D eigenvalue weighted by Crippen LogP contribution is 2.25. The number of hydrogen-bond acceptors (Lipinski definition) is 7. The Hall–Kier alpha value is -2.25. The summed E-state index contributed by atoms with van der Waals surface area (Å²) in [6.45, 7) is 5.98. The van der Waals surface area contributed by atoms with Crippen molar-refractivity contribution >= 4 is 32.6 Å². The molecule has 2 aromatic heterocycles. The van der Waals surface area contributed by atoms with Gasteiger partial charge in [0, 0.05) is 51.7 Å². The van der Waals surface area contributed by atoms with Crippen LogP contribution in [-0.4, -0.2) is 59.1 Å². The van der Waals surface area contributed by atoms with Gasteiger partial charge in [0.25, 0.3) is 0 Å². The average Bonchev–Trinajstić information content (AvgIpc) is 3.06. The van der Waals surface area contributed by atoms with E-state index in [1.54, 1.807) is 23.7 Å². The van der Waals surface area contributed by atoms with Crippen LogP contribution < -0.4 is 10.2 Å². The number of para-hydroxylation sites is 1. The third-order valence-electron chi connectivity index (χ3n) is 4.21. The molecular formula is C17H20N6S. The van der Waals surface area contributed by atoms with E-state index < -0.39 is 0 Å². The minimum atomic E-state index is 0.838. The molecule has 7 heteroatoms. The van der Waals surface area contributed by atoms with Crippen molar-refractivity contribution in [3.8, 4) is 0 Å². The number of thiazole rings is 1. The molecule has 0 atom stereocenters. The third-order valence-corrected chi connectivity index (χ3v) is 5.20. The van der Waals surface area contributed by atoms with Crippen molar-refractivity contribution < 1.29 is 0 Å². The van der Waals surface area contributed by atoms with E-state index in [-0.39, 0.29) is 0 Å². The maximum Gasteiger partial charge on any atom is 0.225 e. The number of rotatable bonds is 5. The van der Waals surface area contributed by atoms with Crippen molar-refractivity contribution in [3.05, 3.63) is 42.7 Å². The SMILES string of the molecule is c1cnc(N2CCN(CCNc3nc4ccccc4s3)CC2)nc1. The lowest BCUT2D eigenvalue weighted by Crippen LogP contribution is -2.48. The summed E-state index contributed by atoms with van der Waals surface area (Å²) < 4.78 is 1.23. The molecule has 1 N–H and O–H groups in total. The molecule has 1 fully saturated rings. The summed E-state index contributed by atoms with van der Waals surface area (Å²) in [5, 5.41) is 4.46. The standard InChI is InChI=1S/C17H20N6S/c1-2-5-15-14(4-1)21-17(24-15)20-8-9-22-10-12-23(13-11-22)16-18-6-3-7-19-16/h1-7H,8-13H2,(H,20,21). The van der Waals surface area contributed by atoms with Crippen LogP contribution in [0.15, 0.2) is 42.7 Å². The summed E-state index contributed by atoms with van der Waals surface area (Å²) in [7, 11) is 0. The van der Waals surface area contributed by atoms with Gasteiger partial charge in [0.15, 0.2) is 5.13 Å². The number of anilines is 2. The molecule has 0 aliphatic carbocycles. The van der Waals surface area contributed by atoms with Gasteiger partial charge in [-0.1, -0.05) is 23.5 Å². The summed E-state index contributed by atoms with van der Waals surface area (Å²) in [6, 6.07) is 10.1. The second-order valence-electron chi connectivity index (χ2n) is 5.79. The quantitative estimate of drug-likeness (QED) is 0.769. The van der Waals surface area contributed by atoms with Crippen molar-refractivity contribution in [2.75, 3.05) is 49.5 Å². The monoisotopic (exact) mass is 340 g/mol. The molecule has 1 aliphatic rings. The molecule has 4 rings (SSSR count). The molecule has 1 aliphatic heterocycles. The predicted octanol–water partition coefficient (Wildman–Crippen LogP) is 2.32. The Labute approximate surface area is 145 Å². The van der Waals surface area contributed by atoms with Gasteiger partial charge in [-0.15, -0.1) is 0 Å². The Kier molecular flexibility index (Phi) is 4.53. The van der Waals surface area contributed by atoms with Gasteiger partial charge in [-0.2, -0.15) is 0 Å². The van der Waals surface area contributed by atoms with Crippen molar-refractivity contribution in [1.29, 1.82) is 0 Å². The Morgan fingerprint density at radius 2 is 1.79 bits per heavy atom. The third kappa shape index (κ3) is 3.47. The lowest BCUT2D eigenvalue weighted by molar-refractivity contribution is 0.266. The van der Waals surface area contributed by atoms with E-state index in [1.165, 1.54) is 4.70 Å². The van der Waals surface area contributed by atoms with E-state index in [1.807, 2.05) is 12.1 Å². The van der Waals surface area contributed by atoms with Crippen LogP contribution in [0.5, 0.6) is 0 Å². The number of nitrogens with zero attached hydrogens (tertiary/aromatic N) is 5. The van der Waals surface area contributed by atoms with E-state index in [9.17, 15) is 0 Å². The molecule has 3 heterocycles. The van der Waals surface area contributed by atoms with Crippen molar-refractivity contribution in [1.82, 2.24) is 19.9 Å². The van der Waals surface area contributed by atoms with Crippen LogP contribution in [0.2, 0.25) is 0 Å². The topological polar surface area (TPSA) is 57.2 Å². The molecule has 6 nitrogen and oxygen atoms in total. The summed E-state index contributed by atoms with van der Waals surface area (Å²) in [5.74, 6) is 0.838. The second-order valence-corrected chi connectivity index (χ2v) is 6.82. The van der Waals surface area contributed by atoms with Gasteiger partial charge in [-0.3, -0.25) is 4.90 Å². The molecule has 124 valence electrons. The molecular weight excluding hydrogens is 320 g/mol. The molecule has 0 unspecified atom stereocenters. The largest absolute Gasteiger partial charge is 0.360 e. The highest BCUT2D eigenvalue weighted by Gasteiger charge is 2.18. The second kappa shape index (κ2) is 7.11. The number of hydrogen-bond donors (Lipinski definition) is 1. The average molecular weight is 340 g/mol. The fourth-order valence-corrected chi connectivity index (χ4v) is 3.79. The molecule has 0 spiro atoms. The zero-order chi connectivity index (χ0) is 16.2. The first-order valence-electron chi connectivity index (χ1n) is 8.22. The zero-order valence-corrected chi connectivity index (χ0v) is 14.2. The van der Waals surface area contributed by atoms with Gasteiger partial charge in [0.2, 0.25) is 5.95 Å². The number of benzene rings is 1. The first-order valence-corrected chi connectivity index (χ1v) is 9.04. The highest BCUT2D eigenvalue weighted by molar-refractivity contribution is 7.22. The Balaban J connectivity index is 1.24. The van der Waals surface area contributed by atoms with Crippen molar-refractivity contribution in [2.45, 2.75) is 0 Å². The zero-order valence-electron chi connectivity index (χ0n) is 13.4. The molecule has 0 radical (unpaired) electrons. The van der Waals surface area contributed by atoms with E-state index >= 15 is 0 Å². The maximum absolute atomic E-state index is 4.61. The number of piperazine rings is 1. The van der Waals surface area contributed by atoms with Crippen LogP contribution in [0.3, 0.4) is 0 Å². The Morgan fingerprint density at radius 3 is 2.58 bits per heavy atom. The number of nitrogens with one attached hydrogen (secondary N) is 1. The Bertz CT molecular complexity index is 749. The molecule has 1 aromatic carbocycles. The lowest BCUT2D eigenvalue weighted by Gasteiger charge is -2.34. The molecule has 1 saturated heterocycles. The van der Waals surface area contributed by atoms with Crippen LogP contribution >= 0.6 is 11.3 Å². The molecule has 0 amide bonds. The fourth-order valence-electron chi connectivity index (χ4n) is 2.89. The molecule has 24 heavy (non-hydrogen) atoms. The van der Waals surface area contributed by atoms with Crippen molar-refractivity contribution in [3.63, 3.8) is 0 Å². The highest BCUT2D eigenvalue weighted by atomic mass is 32.1. The van der Waals surface area contributed by atoms with Gasteiger partial charge in [0.1, 0.15) is 0 Å². The van der Waals surface area contributed by atoms with E-state index in [0.717, 1.165) is 55.9 Å². The maximum atomic E-state index is 4.61. The molecule has 3 aromatic rings. The van der Waals surface area contributed by atoms with Gasteiger partial charge in [-0.05, 0) is 18.2 Å². The normalized spacial score (nSPS) is 15.8. The van der Waals surface area contributed by atoms with Gasteiger partial charge < -0.3 is 10.2 Å². The number of fused-ring (bicyclic) bond motifs is 1. The predicted molar refractivity (Wildman–Crippen MR) is 98.8 cm³/mol. The van der Waals surface area contributed by atoms with Crippen LogP contribution in [-0.2, 0) is 0 Å². The summed E-state index contributed by atoms with van der Waals surface area (Å²) >= 11 is 1.72. The first-order chi connectivity index (χ1) is 11.9. The van der Waals surface area contributed by atoms with Crippen LogP contribution in [0.1, 0.15) is 0 Å². The summed E-state index contributed by atoms with van der Waals surface area (Å²) in [5.41, 5.74) is 1.07. The van der Waals surface area contributed by atoms with Crippen LogP contribution in [0.4, 0.5) is 11.1 Å². The summed E-state index contributed by atoms with van der Waals surface area (Å²) in [6.07, 6.45) is 3.60. The summed E-state index contributed by atoms with van der Waals surface area (Å²) in [4.78, 5) is 18.0. The first kappa shape index (κ1) is 15.3. The van der Waals surface area contributed by atoms with Crippen LogP contribution in [0.25, 0.3) is 10.2 Å². The smallest absolute Gasteiger partial charge is 0.225 e. The molecule has 0 bridgehead atoms. The van der Waals surface area contributed by atoms with E-state index in [4.69, 9.17) is 0 Å². The lowest BCUT2D eigenvalue weighted by atomic mass is 10.3. The van der Waals surface area contributed by atoms with Gasteiger partial charge >= 0.3 is 0 Å². The fraction of sp³-hybridized carbons (Fsp3) is 0.353. The van der Waals surface area contributed by atoms with Gasteiger partial charge in [0.05, 0.1) is 10.2 Å². The minimum absolute atomic E-state index is 0.838. The van der Waals surface area contributed by atoms with Gasteiger partial charge in [-0.25, -0.2) is 15.0 Å². The Morgan fingerprint density at radius 1 is 1.00 bits per heavy atom. The van der Waals surface area contributed by atoms with E-state index in [2.05, 4.69) is 48.3 Å². The van der Waals surface area contributed by atoms with E-state index in [0.29, 0.717) is 0 Å². The number of aromatic nitrogens is 3. The van der Waals surface area contributed by atoms with Crippen molar-refractivity contribution in [2.24, 2.45) is 0 Å². The minimum Gasteiger partial charge on any atom is -0.360 e.